The summed E-state index contributed by atoms with van der Waals surface area (Å²) in [6, 6.07) is 18.2. The Morgan fingerprint density at radius 3 is 2.30 bits per heavy atom. The molecule has 3 aromatic rings. The van der Waals surface area contributed by atoms with Gasteiger partial charge in [-0.15, -0.1) is 0 Å². The average molecular weight is 466 g/mol. The molecule has 0 unspecified atom stereocenters. The minimum absolute atomic E-state index is 0.0965. The van der Waals surface area contributed by atoms with Crippen molar-refractivity contribution in [3.05, 3.63) is 99.5 Å². The van der Waals surface area contributed by atoms with Gasteiger partial charge in [0.1, 0.15) is 5.56 Å². The van der Waals surface area contributed by atoms with Crippen LogP contribution in [0.3, 0.4) is 0 Å². The maximum absolute atomic E-state index is 13.1. The Hall–Kier alpha value is -3.23. The number of hydrogen-bond acceptors (Lipinski definition) is 4. The van der Waals surface area contributed by atoms with Crippen LogP contribution in [0, 0.1) is 13.8 Å². The normalized spacial score (nSPS) is 14.9. The van der Waals surface area contributed by atoms with E-state index in [-0.39, 0.29) is 43.2 Å². The van der Waals surface area contributed by atoms with Crippen LogP contribution < -0.4 is 5.56 Å². The molecule has 1 fully saturated rings. The molecule has 0 spiro atoms. The third kappa shape index (κ3) is 4.77. The van der Waals surface area contributed by atoms with Gasteiger partial charge in [-0.25, -0.2) is 8.42 Å². The SMILES string of the molecule is Cc1ccc(C)c(S(=O)(=O)N2CCN(C(=O)c3cccn(Cc4ccccc4)c3=O)CC2)c1. The first-order valence-corrected chi connectivity index (χ1v) is 12.3. The summed E-state index contributed by atoms with van der Waals surface area (Å²) in [5, 5.41) is 0. The lowest BCUT2D eigenvalue weighted by molar-refractivity contribution is 0.0695. The number of hydrogen-bond donors (Lipinski definition) is 0. The fourth-order valence-corrected chi connectivity index (χ4v) is 5.76. The van der Waals surface area contributed by atoms with Crippen LogP contribution in [-0.4, -0.2) is 54.3 Å². The predicted octanol–water partition coefficient (Wildman–Crippen LogP) is 2.66. The van der Waals surface area contributed by atoms with E-state index in [0.29, 0.717) is 17.0 Å². The number of piperazine rings is 1. The summed E-state index contributed by atoms with van der Waals surface area (Å²) in [7, 11) is -3.65. The molecule has 7 nitrogen and oxygen atoms in total. The predicted molar refractivity (Wildman–Crippen MR) is 127 cm³/mol. The maximum atomic E-state index is 13.1. The molecule has 2 aromatic carbocycles. The topological polar surface area (TPSA) is 79.7 Å². The Morgan fingerprint density at radius 2 is 1.61 bits per heavy atom. The quantitative estimate of drug-likeness (QED) is 0.580. The molecule has 0 radical (unpaired) electrons. The highest BCUT2D eigenvalue weighted by molar-refractivity contribution is 7.89. The van der Waals surface area contributed by atoms with Crippen molar-refractivity contribution in [3.63, 3.8) is 0 Å². The van der Waals surface area contributed by atoms with Gasteiger partial charge in [-0.2, -0.15) is 4.31 Å². The van der Waals surface area contributed by atoms with Crippen LogP contribution in [0.1, 0.15) is 27.0 Å². The molecule has 2 heterocycles. The molecule has 0 N–H and O–H groups in total. The number of aromatic nitrogens is 1. The Morgan fingerprint density at radius 1 is 0.909 bits per heavy atom. The lowest BCUT2D eigenvalue weighted by atomic mass is 10.2. The zero-order chi connectivity index (χ0) is 23.6. The average Bonchev–Trinajstić information content (AvgIpc) is 2.82. The first-order valence-electron chi connectivity index (χ1n) is 10.9. The van der Waals surface area contributed by atoms with Crippen molar-refractivity contribution >= 4 is 15.9 Å². The Bertz CT molecular complexity index is 1330. The van der Waals surface area contributed by atoms with E-state index in [1.54, 1.807) is 36.2 Å². The van der Waals surface area contributed by atoms with Crippen LogP contribution in [0.2, 0.25) is 0 Å². The number of aryl methyl sites for hydroxylation is 2. The minimum Gasteiger partial charge on any atom is -0.336 e. The molecular formula is C25H27N3O4S. The van der Waals surface area contributed by atoms with Gasteiger partial charge in [-0.3, -0.25) is 9.59 Å². The highest BCUT2D eigenvalue weighted by Gasteiger charge is 2.32. The van der Waals surface area contributed by atoms with Crippen molar-refractivity contribution in [3.8, 4) is 0 Å². The second kappa shape index (κ2) is 9.33. The summed E-state index contributed by atoms with van der Waals surface area (Å²) >= 11 is 0. The molecule has 33 heavy (non-hydrogen) atoms. The zero-order valence-electron chi connectivity index (χ0n) is 18.8. The van der Waals surface area contributed by atoms with Crippen LogP contribution in [0.15, 0.2) is 76.6 Å². The Labute approximate surface area is 193 Å². The van der Waals surface area contributed by atoms with Crippen LogP contribution in [0.4, 0.5) is 0 Å². The molecule has 0 atom stereocenters. The van der Waals surface area contributed by atoms with E-state index in [9.17, 15) is 18.0 Å². The standard InChI is InChI=1S/C25H27N3O4S/c1-19-10-11-20(2)23(17-19)33(31,32)28-15-13-26(14-16-28)24(29)22-9-6-12-27(25(22)30)18-21-7-4-3-5-8-21/h3-12,17H,13-16,18H2,1-2H3. The van der Waals surface area contributed by atoms with E-state index in [4.69, 9.17) is 0 Å². The van der Waals surface area contributed by atoms with Gasteiger partial charge in [0.2, 0.25) is 10.0 Å². The third-order valence-corrected chi connectivity index (χ3v) is 7.97. The monoisotopic (exact) mass is 465 g/mol. The van der Waals surface area contributed by atoms with Gasteiger partial charge in [0.05, 0.1) is 11.4 Å². The smallest absolute Gasteiger partial charge is 0.263 e. The lowest BCUT2D eigenvalue weighted by Crippen LogP contribution is -2.51. The molecule has 0 bridgehead atoms. The molecule has 1 aliphatic heterocycles. The van der Waals surface area contributed by atoms with E-state index in [1.807, 2.05) is 43.3 Å². The van der Waals surface area contributed by atoms with E-state index in [2.05, 4.69) is 0 Å². The second-order valence-corrected chi connectivity index (χ2v) is 10.2. The second-order valence-electron chi connectivity index (χ2n) is 8.31. The van der Waals surface area contributed by atoms with E-state index < -0.39 is 10.0 Å². The molecular weight excluding hydrogens is 438 g/mol. The fraction of sp³-hybridized carbons (Fsp3) is 0.280. The number of pyridine rings is 1. The molecule has 4 rings (SSSR count). The van der Waals surface area contributed by atoms with Crippen LogP contribution in [0.5, 0.6) is 0 Å². The summed E-state index contributed by atoms with van der Waals surface area (Å²) in [5.74, 6) is -0.369. The first kappa shape index (κ1) is 22.9. The van der Waals surface area contributed by atoms with Gasteiger partial charge in [0, 0.05) is 32.4 Å². The molecule has 8 heteroatoms. The number of carbonyl (C=O) groups excluding carboxylic acids is 1. The number of rotatable bonds is 5. The van der Waals surface area contributed by atoms with Gasteiger partial charge in [-0.1, -0.05) is 42.5 Å². The number of sulfonamides is 1. The zero-order valence-corrected chi connectivity index (χ0v) is 19.6. The first-order chi connectivity index (χ1) is 15.8. The van der Waals surface area contributed by atoms with Crippen LogP contribution in [0.25, 0.3) is 0 Å². The van der Waals surface area contributed by atoms with E-state index in [0.717, 1.165) is 11.1 Å². The van der Waals surface area contributed by atoms with Crippen molar-refractivity contribution in [2.45, 2.75) is 25.3 Å². The highest BCUT2D eigenvalue weighted by atomic mass is 32.2. The summed E-state index contributed by atoms with van der Waals surface area (Å²) < 4.78 is 29.2. The van der Waals surface area contributed by atoms with E-state index >= 15 is 0 Å². The van der Waals surface area contributed by atoms with Gasteiger partial charge < -0.3 is 9.47 Å². The number of amides is 1. The Balaban J connectivity index is 1.48. The largest absolute Gasteiger partial charge is 0.336 e. The van der Waals surface area contributed by atoms with Crippen LogP contribution in [-0.2, 0) is 16.6 Å². The van der Waals surface area contributed by atoms with Gasteiger partial charge in [-0.05, 0) is 48.7 Å². The van der Waals surface area contributed by atoms with Crippen molar-refractivity contribution in [2.24, 2.45) is 0 Å². The number of nitrogens with zero attached hydrogens (tertiary/aromatic N) is 3. The summed E-state index contributed by atoms with van der Waals surface area (Å²) in [4.78, 5) is 27.9. The molecule has 1 saturated heterocycles. The maximum Gasteiger partial charge on any atom is 0.263 e. The van der Waals surface area contributed by atoms with Crippen molar-refractivity contribution < 1.29 is 13.2 Å². The molecule has 1 aromatic heterocycles. The van der Waals surface area contributed by atoms with Gasteiger partial charge in [0.15, 0.2) is 0 Å². The number of carbonyl (C=O) groups is 1. The third-order valence-electron chi connectivity index (χ3n) is 5.93. The fourth-order valence-electron chi connectivity index (χ4n) is 4.03. The summed E-state index contributed by atoms with van der Waals surface area (Å²) in [5.41, 5.74) is 2.29. The molecule has 0 saturated carbocycles. The van der Waals surface area contributed by atoms with Crippen molar-refractivity contribution in [2.75, 3.05) is 26.2 Å². The molecule has 1 amide bonds. The minimum atomic E-state index is -3.65. The number of benzene rings is 2. The van der Waals surface area contributed by atoms with Crippen LogP contribution >= 0.6 is 0 Å². The van der Waals surface area contributed by atoms with E-state index in [1.165, 1.54) is 14.9 Å². The van der Waals surface area contributed by atoms with Crippen molar-refractivity contribution in [1.82, 2.24) is 13.8 Å². The summed E-state index contributed by atoms with van der Waals surface area (Å²) in [6.07, 6.45) is 1.67. The summed E-state index contributed by atoms with van der Waals surface area (Å²) in [6.45, 7) is 4.86. The molecule has 1 aliphatic rings. The van der Waals surface area contributed by atoms with Gasteiger partial charge >= 0.3 is 0 Å². The molecule has 0 aliphatic carbocycles. The Kier molecular flexibility index (Phi) is 6.49. The highest BCUT2D eigenvalue weighted by Crippen LogP contribution is 2.22. The lowest BCUT2D eigenvalue weighted by Gasteiger charge is -2.34. The molecule has 172 valence electrons. The van der Waals surface area contributed by atoms with Crippen molar-refractivity contribution in [1.29, 1.82) is 0 Å². The van der Waals surface area contributed by atoms with Gasteiger partial charge in [0.25, 0.3) is 11.5 Å².